The zero-order valence-electron chi connectivity index (χ0n) is 18.5. The molecule has 32 heavy (non-hydrogen) atoms. The first-order chi connectivity index (χ1) is 15.6. The number of hydrogen-bond donors (Lipinski definition) is 0. The average molecular weight is 435 g/mol. The zero-order valence-corrected chi connectivity index (χ0v) is 18.5. The highest BCUT2D eigenvalue weighted by Gasteiger charge is 2.35. The monoisotopic (exact) mass is 435 g/mol. The van der Waals surface area contributed by atoms with Gasteiger partial charge in [0.25, 0.3) is 0 Å². The van der Waals surface area contributed by atoms with E-state index in [9.17, 15) is 4.79 Å². The van der Waals surface area contributed by atoms with Crippen molar-refractivity contribution in [3.63, 3.8) is 0 Å². The lowest BCUT2D eigenvalue weighted by atomic mass is 10.1. The Morgan fingerprint density at radius 1 is 0.844 bits per heavy atom. The quantitative estimate of drug-likeness (QED) is 0.479. The molecule has 7 heteroatoms. The standard InChI is InChI=1S/C25H25NO6/c1-28-18-11-9-17(10-12-18)26(24-19-7-5-6-8-20(19)25(27)32-24)15-16-13-21(29-2)23(31-4)22(14-16)30-3/h5-14,24H,15H2,1-4H3. The zero-order chi connectivity index (χ0) is 22.7. The summed E-state index contributed by atoms with van der Waals surface area (Å²) in [7, 11) is 6.35. The van der Waals surface area contributed by atoms with Crippen molar-refractivity contribution in [2.45, 2.75) is 12.8 Å². The Labute approximate surface area is 187 Å². The fourth-order valence-corrected chi connectivity index (χ4v) is 3.86. The van der Waals surface area contributed by atoms with Crippen molar-refractivity contribution >= 4 is 11.7 Å². The summed E-state index contributed by atoms with van der Waals surface area (Å²) in [5, 5.41) is 0. The van der Waals surface area contributed by atoms with Crippen molar-refractivity contribution in [2.24, 2.45) is 0 Å². The van der Waals surface area contributed by atoms with Crippen LogP contribution in [-0.4, -0.2) is 34.4 Å². The average Bonchev–Trinajstić information content (AvgIpc) is 3.18. The number of ether oxygens (including phenoxy) is 5. The number of carbonyl (C=O) groups is 1. The second kappa shape index (κ2) is 9.09. The number of cyclic esters (lactones) is 1. The van der Waals surface area contributed by atoms with Crippen molar-refractivity contribution in [3.8, 4) is 23.0 Å². The molecule has 0 fully saturated rings. The van der Waals surface area contributed by atoms with E-state index in [1.807, 2.05) is 59.5 Å². The molecule has 0 aromatic heterocycles. The topological polar surface area (TPSA) is 66.5 Å². The lowest BCUT2D eigenvalue weighted by Gasteiger charge is -2.31. The van der Waals surface area contributed by atoms with Gasteiger partial charge in [0.05, 0.1) is 34.0 Å². The van der Waals surface area contributed by atoms with Crippen molar-refractivity contribution in [1.29, 1.82) is 0 Å². The van der Waals surface area contributed by atoms with E-state index in [1.54, 1.807) is 34.5 Å². The number of nitrogens with zero attached hydrogens (tertiary/aromatic N) is 1. The van der Waals surface area contributed by atoms with Crippen LogP contribution < -0.4 is 23.8 Å². The number of fused-ring (bicyclic) bond motifs is 1. The Bertz CT molecular complexity index is 1090. The largest absolute Gasteiger partial charge is 0.497 e. The van der Waals surface area contributed by atoms with Crippen molar-refractivity contribution < 1.29 is 28.5 Å². The number of esters is 1. The van der Waals surface area contributed by atoms with Gasteiger partial charge < -0.3 is 28.6 Å². The molecule has 1 unspecified atom stereocenters. The van der Waals surface area contributed by atoms with Gasteiger partial charge in [0, 0.05) is 17.8 Å². The van der Waals surface area contributed by atoms with Gasteiger partial charge in [0.1, 0.15) is 5.75 Å². The molecule has 0 N–H and O–H groups in total. The van der Waals surface area contributed by atoms with Gasteiger partial charge >= 0.3 is 5.97 Å². The minimum atomic E-state index is -0.578. The Morgan fingerprint density at radius 3 is 2.09 bits per heavy atom. The summed E-state index contributed by atoms with van der Waals surface area (Å²) >= 11 is 0. The van der Waals surface area contributed by atoms with Crippen LogP contribution in [0.3, 0.4) is 0 Å². The van der Waals surface area contributed by atoms with Gasteiger partial charge in [-0.05, 0) is 48.0 Å². The van der Waals surface area contributed by atoms with Crippen LogP contribution in [0.5, 0.6) is 23.0 Å². The Kier molecular flexibility index (Phi) is 6.07. The molecule has 0 radical (unpaired) electrons. The molecular weight excluding hydrogens is 410 g/mol. The molecule has 0 bridgehead atoms. The second-order valence-electron chi connectivity index (χ2n) is 7.20. The molecule has 1 aliphatic rings. The molecule has 0 amide bonds. The highest BCUT2D eigenvalue weighted by Crippen LogP contribution is 2.41. The molecule has 0 spiro atoms. The van der Waals surface area contributed by atoms with E-state index >= 15 is 0 Å². The van der Waals surface area contributed by atoms with Gasteiger partial charge in [0.2, 0.25) is 12.0 Å². The van der Waals surface area contributed by atoms with Gasteiger partial charge in [0.15, 0.2) is 11.5 Å². The van der Waals surface area contributed by atoms with E-state index < -0.39 is 6.23 Å². The van der Waals surface area contributed by atoms with E-state index in [1.165, 1.54) is 0 Å². The fraction of sp³-hybridized carbons (Fsp3) is 0.240. The number of methoxy groups -OCH3 is 4. The number of benzene rings is 3. The van der Waals surface area contributed by atoms with Gasteiger partial charge in [-0.25, -0.2) is 4.79 Å². The van der Waals surface area contributed by atoms with Crippen molar-refractivity contribution in [2.75, 3.05) is 33.3 Å². The van der Waals surface area contributed by atoms with Crippen LogP contribution in [0.4, 0.5) is 5.69 Å². The number of rotatable bonds is 8. The summed E-state index contributed by atoms with van der Waals surface area (Å²) in [6.45, 7) is 0.426. The summed E-state index contributed by atoms with van der Waals surface area (Å²) in [5.41, 5.74) is 3.16. The molecule has 0 saturated heterocycles. The van der Waals surface area contributed by atoms with Crippen LogP contribution in [0.25, 0.3) is 0 Å². The summed E-state index contributed by atoms with van der Waals surface area (Å²) in [6.07, 6.45) is -0.578. The Morgan fingerprint density at radius 2 is 1.50 bits per heavy atom. The first-order valence-corrected chi connectivity index (χ1v) is 10.1. The third-order valence-electron chi connectivity index (χ3n) is 5.43. The second-order valence-corrected chi connectivity index (χ2v) is 7.20. The van der Waals surface area contributed by atoms with Crippen molar-refractivity contribution in [1.82, 2.24) is 0 Å². The van der Waals surface area contributed by atoms with E-state index in [4.69, 9.17) is 23.7 Å². The van der Waals surface area contributed by atoms with Crippen LogP contribution in [0.1, 0.15) is 27.7 Å². The minimum absolute atomic E-state index is 0.339. The number of carbonyl (C=O) groups excluding carboxylic acids is 1. The maximum atomic E-state index is 12.5. The minimum Gasteiger partial charge on any atom is -0.497 e. The molecule has 0 saturated carbocycles. The van der Waals surface area contributed by atoms with Crippen LogP contribution >= 0.6 is 0 Å². The Balaban J connectivity index is 1.78. The fourth-order valence-electron chi connectivity index (χ4n) is 3.86. The lowest BCUT2D eigenvalue weighted by Crippen LogP contribution is -2.28. The first kappa shape index (κ1) is 21.4. The van der Waals surface area contributed by atoms with E-state index in [2.05, 4.69) is 0 Å². The summed E-state index contributed by atoms with van der Waals surface area (Å²) in [5.74, 6) is 2.03. The summed E-state index contributed by atoms with van der Waals surface area (Å²) in [6, 6.07) is 18.8. The maximum Gasteiger partial charge on any atom is 0.340 e. The summed E-state index contributed by atoms with van der Waals surface area (Å²) in [4.78, 5) is 14.5. The first-order valence-electron chi connectivity index (χ1n) is 10.1. The predicted octanol–water partition coefficient (Wildman–Crippen LogP) is 4.60. The molecule has 7 nitrogen and oxygen atoms in total. The third-order valence-corrected chi connectivity index (χ3v) is 5.43. The molecule has 1 aliphatic heterocycles. The number of anilines is 1. The van der Waals surface area contributed by atoms with Gasteiger partial charge in [-0.2, -0.15) is 0 Å². The molecule has 4 rings (SSSR count). The molecular formula is C25H25NO6. The number of hydrogen-bond acceptors (Lipinski definition) is 7. The van der Waals surface area contributed by atoms with Gasteiger partial charge in [-0.3, -0.25) is 0 Å². The smallest absolute Gasteiger partial charge is 0.340 e. The van der Waals surface area contributed by atoms with Crippen LogP contribution in [0, 0.1) is 0 Å². The van der Waals surface area contributed by atoms with Crippen LogP contribution in [0.15, 0.2) is 60.7 Å². The normalized spacial score (nSPS) is 14.4. The van der Waals surface area contributed by atoms with E-state index in [0.717, 1.165) is 22.6 Å². The van der Waals surface area contributed by atoms with Crippen molar-refractivity contribution in [3.05, 3.63) is 77.4 Å². The molecule has 166 valence electrons. The molecule has 1 heterocycles. The van der Waals surface area contributed by atoms with Crippen LogP contribution in [0.2, 0.25) is 0 Å². The van der Waals surface area contributed by atoms with Crippen LogP contribution in [-0.2, 0) is 11.3 Å². The molecule has 1 atom stereocenters. The Hall–Kier alpha value is -3.87. The summed E-state index contributed by atoms with van der Waals surface area (Å²) < 4.78 is 27.6. The third kappa shape index (κ3) is 3.89. The lowest BCUT2D eigenvalue weighted by molar-refractivity contribution is 0.0374. The molecule has 3 aromatic carbocycles. The maximum absolute atomic E-state index is 12.5. The predicted molar refractivity (Wildman–Crippen MR) is 120 cm³/mol. The molecule has 3 aromatic rings. The SMILES string of the molecule is COc1ccc(N(Cc2cc(OC)c(OC)c(OC)c2)C2OC(=O)c3ccccc32)cc1. The van der Waals surface area contributed by atoms with Gasteiger partial charge in [-0.1, -0.05) is 18.2 Å². The highest BCUT2D eigenvalue weighted by molar-refractivity contribution is 5.94. The van der Waals surface area contributed by atoms with Gasteiger partial charge in [-0.15, -0.1) is 0 Å². The molecule has 0 aliphatic carbocycles. The highest BCUT2D eigenvalue weighted by atomic mass is 16.6. The van der Waals surface area contributed by atoms with E-state index in [-0.39, 0.29) is 5.97 Å². The van der Waals surface area contributed by atoms with E-state index in [0.29, 0.717) is 29.4 Å².